The molecule has 2 N–H and O–H groups in total. The van der Waals surface area contributed by atoms with Gasteiger partial charge in [0.1, 0.15) is 5.82 Å². The van der Waals surface area contributed by atoms with E-state index in [-0.39, 0.29) is 35.5 Å². The van der Waals surface area contributed by atoms with Crippen molar-refractivity contribution in [1.29, 1.82) is 0 Å². The van der Waals surface area contributed by atoms with Gasteiger partial charge in [-0.15, -0.1) is 0 Å². The highest BCUT2D eigenvalue weighted by atomic mass is 19.3. The lowest BCUT2D eigenvalue weighted by molar-refractivity contribution is 0.140. The number of anilines is 2. The summed E-state index contributed by atoms with van der Waals surface area (Å²) in [6.45, 7) is 0.333. The smallest absolute Gasteiger partial charge is 0.407 e. The topological polar surface area (TPSA) is 92.4 Å². The first-order chi connectivity index (χ1) is 18.1. The third-order valence-corrected chi connectivity index (χ3v) is 6.69. The van der Waals surface area contributed by atoms with E-state index < -0.39 is 18.3 Å². The number of hydrogen-bond acceptors (Lipinski definition) is 4. The van der Waals surface area contributed by atoms with Gasteiger partial charge in [0.05, 0.1) is 18.4 Å². The lowest BCUT2D eigenvalue weighted by Gasteiger charge is -2.29. The van der Waals surface area contributed by atoms with Gasteiger partial charge >= 0.3 is 6.09 Å². The van der Waals surface area contributed by atoms with Crippen LogP contribution in [0.2, 0.25) is 0 Å². The summed E-state index contributed by atoms with van der Waals surface area (Å²) in [4.78, 5) is 24.8. The lowest BCUT2D eigenvalue weighted by atomic mass is 9.93. The Morgan fingerprint density at radius 3 is 2.50 bits per heavy atom. The summed E-state index contributed by atoms with van der Waals surface area (Å²) in [6, 6.07) is 8.84. The summed E-state index contributed by atoms with van der Waals surface area (Å²) in [5.41, 5.74) is 2.99. The number of nitrogens with zero attached hydrogens (tertiary/aromatic N) is 4. The zero-order chi connectivity index (χ0) is 27.1. The number of carboxylic acid groups (broad SMARTS) is 1. The first-order valence-electron chi connectivity index (χ1n) is 11.8. The number of carbonyl (C=O) groups is 1. The number of nitrogens with one attached hydrogen (secondary N) is 1. The predicted molar refractivity (Wildman–Crippen MR) is 136 cm³/mol. The quantitative estimate of drug-likeness (QED) is 0.370. The Morgan fingerprint density at radius 2 is 1.84 bits per heavy atom. The van der Waals surface area contributed by atoms with Crippen LogP contribution < -0.4 is 10.9 Å². The Bertz CT molecular complexity index is 1610. The van der Waals surface area contributed by atoms with Crippen molar-refractivity contribution in [3.05, 3.63) is 87.9 Å². The molecule has 1 aliphatic rings. The molecule has 4 aromatic rings. The second kappa shape index (κ2) is 9.73. The van der Waals surface area contributed by atoms with Crippen molar-refractivity contribution < 1.29 is 23.1 Å². The summed E-state index contributed by atoms with van der Waals surface area (Å²) in [5, 5.41) is 16.5. The molecule has 0 saturated carbocycles. The van der Waals surface area contributed by atoms with Crippen LogP contribution in [-0.4, -0.2) is 37.0 Å². The number of fused-ring (bicyclic) bond motifs is 1. The molecule has 2 aromatic carbocycles. The average Bonchev–Trinajstić information content (AvgIpc) is 3.32. The Balaban J connectivity index is 1.63. The monoisotopic (exact) mass is 523 g/mol. The molecular weight excluding hydrogens is 499 g/mol. The molecule has 0 aliphatic carbocycles. The van der Waals surface area contributed by atoms with E-state index in [0.717, 1.165) is 23.3 Å². The van der Waals surface area contributed by atoms with Crippen molar-refractivity contribution in [3.63, 3.8) is 0 Å². The number of amides is 1. The molecule has 38 heavy (non-hydrogen) atoms. The van der Waals surface area contributed by atoms with Crippen LogP contribution in [0.25, 0.3) is 22.3 Å². The van der Waals surface area contributed by atoms with E-state index in [1.54, 1.807) is 32.4 Å². The molecule has 1 amide bonds. The van der Waals surface area contributed by atoms with Gasteiger partial charge in [0.2, 0.25) is 5.56 Å². The van der Waals surface area contributed by atoms with Gasteiger partial charge in [-0.2, -0.15) is 5.10 Å². The highest BCUT2D eigenvalue weighted by Gasteiger charge is 2.25. The van der Waals surface area contributed by atoms with E-state index in [1.165, 1.54) is 32.6 Å². The van der Waals surface area contributed by atoms with E-state index in [1.807, 2.05) is 6.07 Å². The number of benzene rings is 2. The summed E-state index contributed by atoms with van der Waals surface area (Å²) in [6.07, 6.45) is 1.04. The first-order valence-corrected chi connectivity index (χ1v) is 11.8. The van der Waals surface area contributed by atoms with Crippen molar-refractivity contribution in [2.45, 2.75) is 19.4 Å². The first kappa shape index (κ1) is 25.1. The molecule has 0 fully saturated rings. The Kier molecular flexibility index (Phi) is 6.43. The van der Waals surface area contributed by atoms with E-state index in [0.29, 0.717) is 28.8 Å². The van der Waals surface area contributed by atoms with Crippen molar-refractivity contribution in [2.24, 2.45) is 14.1 Å². The third-order valence-electron chi connectivity index (χ3n) is 6.69. The van der Waals surface area contributed by atoms with Crippen LogP contribution in [0, 0.1) is 5.82 Å². The largest absolute Gasteiger partial charge is 0.465 e. The minimum absolute atomic E-state index is 0.0363. The minimum atomic E-state index is -2.88. The molecule has 196 valence electrons. The molecule has 0 spiro atoms. The van der Waals surface area contributed by atoms with Crippen LogP contribution in [0.1, 0.15) is 23.1 Å². The predicted octanol–water partition coefficient (Wildman–Crippen LogP) is 5.31. The molecule has 0 saturated heterocycles. The fraction of sp³-hybridized carbons (Fsp3) is 0.222. The number of aromatic nitrogens is 3. The highest BCUT2D eigenvalue weighted by Crippen LogP contribution is 2.38. The van der Waals surface area contributed by atoms with Crippen LogP contribution in [-0.2, 0) is 27.1 Å². The Hall–Kier alpha value is -4.54. The van der Waals surface area contributed by atoms with Gasteiger partial charge in [-0.1, -0.05) is 6.07 Å². The fourth-order valence-electron chi connectivity index (χ4n) is 4.70. The van der Waals surface area contributed by atoms with Gasteiger partial charge in [-0.05, 0) is 58.5 Å². The zero-order valence-corrected chi connectivity index (χ0v) is 20.6. The van der Waals surface area contributed by atoms with Gasteiger partial charge in [0, 0.05) is 55.9 Å². The van der Waals surface area contributed by atoms with Crippen molar-refractivity contribution >= 4 is 17.5 Å². The standard InChI is InChI=1S/C27H24F3N5O3/c1-33-12-16(3-4-25(33)36)17-7-15-5-6-35(27(37)38)14-21(15)23(8-17)32-24-10-20(26(29)30)19(9-22(24)28)18-11-31-34(2)13-18/h3-4,7-13,26,32H,5-6,14H2,1-2H3,(H,37,38). The molecule has 2 aromatic heterocycles. The molecule has 0 bridgehead atoms. The summed E-state index contributed by atoms with van der Waals surface area (Å²) >= 11 is 0. The van der Waals surface area contributed by atoms with Crippen LogP contribution in [0.3, 0.4) is 0 Å². The molecule has 3 heterocycles. The number of hydrogen-bond donors (Lipinski definition) is 2. The highest BCUT2D eigenvalue weighted by molar-refractivity contribution is 5.78. The van der Waals surface area contributed by atoms with E-state index in [9.17, 15) is 23.5 Å². The van der Waals surface area contributed by atoms with Crippen molar-refractivity contribution in [2.75, 3.05) is 11.9 Å². The fourth-order valence-corrected chi connectivity index (χ4v) is 4.70. The molecular formula is C27H24F3N5O3. The molecule has 5 rings (SSSR count). The Labute approximate surface area is 215 Å². The van der Waals surface area contributed by atoms with Crippen molar-refractivity contribution in [3.8, 4) is 22.3 Å². The summed E-state index contributed by atoms with van der Waals surface area (Å²) < 4.78 is 46.4. The molecule has 0 atom stereocenters. The maximum absolute atomic E-state index is 15.4. The van der Waals surface area contributed by atoms with E-state index in [2.05, 4.69) is 10.4 Å². The maximum Gasteiger partial charge on any atom is 0.407 e. The number of alkyl halides is 2. The van der Waals surface area contributed by atoms with Gasteiger partial charge in [0.25, 0.3) is 6.43 Å². The van der Waals surface area contributed by atoms with Gasteiger partial charge in [-0.3, -0.25) is 9.48 Å². The Morgan fingerprint density at radius 1 is 1.05 bits per heavy atom. The third kappa shape index (κ3) is 4.74. The van der Waals surface area contributed by atoms with Gasteiger partial charge in [0.15, 0.2) is 0 Å². The second-order valence-corrected chi connectivity index (χ2v) is 9.23. The molecule has 0 radical (unpaired) electrons. The second-order valence-electron chi connectivity index (χ2n) is 9.23. The number of rotatable bonds is 5. The van der Waals surface area contributed by atoms with Gasteiger partial charge in [-0.25, -0.2) is 18.0 Å². The molecule has 0 unspecified atom stereocenters. The average molecular weight is 524 g/mol. The maximum atomic E-state index is 15.4. The van der Waals surface area contributed by atoms with E-state index in [4.69, 9.17) is 0 Å². The number of aryl methyl sites for hydroxylation is 2. The molecule has 11 heteroatoms. The minimum Gasteiger partial charge on any atom is -0.465 e. The van der Waals surface area contributed by atoms with Crippen LogP contribution >= 0.6 is 0 Å². The molecule has 8 nitrogen and oxygen atoms in total. The number of pyridine rings is 1. The van der Waals surface area contributed by atoms with Crippen LogP contribution in [0.5, 0.6) is 0 Å². The van der Waals surface area contributed by atoms with Crippen LogP contribution in [0.4, 0.5) is 29.3 Å². The lowest BCUT2D eigenvalue weighted by Crippen LogP contribution is -2.35. The van der Waals surface area contributed by atoms with Crippen LogP contribution in [0.15, 0.2) is 59.8 Å². The summed E-state index contributed by atoms with van der Waals surface area (Å²) in [5.74, 6) is -0.750. The van der Waals surface area contributed by atoms with E-state index >= 15 is 4.39 Å². The zero-order valence-electron chi connectivity index (χ0n) is 20.6. The SMILES string of the molecule is Cn1cc(-c2cc(F)c(Nc3cc(-c4ccc(=O)n(C)c4)cc4c3CN(C(=O)O)CC4)cc2C(F)F)cn1. The van der Waals surface area contributed by atoms with Crippen molar-refractivity contribution in [1.82, 2.24) is 19.2 Å². The normalized spacial score (nSPS) is 13.1. The van der Waals surface area contributed by atoms with Gasteiger partial charge < -0.3 is 19.9 Å². The molecule has 1 aliphatic heterocycles. The summed E-state index contributed by atoms with van der Waals surface area (Å²) in [7, 11) is 3.26. The number of halogens is 3.